The van der Waals surface area contributed by atoms with Crippen LogP contribution in [0.2, 0.25) is 0 Å². The highest BCUT2D eigenvalue weighted by Crippen LogP contribution is 2.26. The van der Waals surface area contributed by atoms with Crippen molar-refractivity contribution in [3.05, 3.63) is 94.8 Å². The third-order valence-corrected chi connectivity index (χ3v) is 6.59. The monoisotopic (exact) mass is 500 g/mol. The molecule has 196 valence electrons. The fraction of sp³-hybridized carbons (Fsp3) is 0.355. The predicted molar refractivity (Wildman–Crippen MR) is 153 cm³/mol. The summed E-state index contributed by atoms with van der Waals surface area (Å²) in [6.07, 6.45) is 8.73. The van der Waals surface area contributed by atoms with E-state index in [0.29, 0.717) is 11.4 Å². The van der Waals surface area contributed by atoms with Crippen LogP contribution >= 0.6 is 0 Å². The molecule has 2 aromatic carbocycles. The van der Waals surface area contributed by atoms with Crippen LogP contribution in [0, 0.1) is 0 Å². The Labute approximate surface area is 221 Å². The Morgan fingerprint density at radius 3 is 2.22 bits per heavy atom. The molecular weight excluding hydrogens is 460 g/mol. The van der Waals surface area contributed by atoms with Gasteiger partial charge in [0.1, 0.15) is 6.04 Å². The number of nitrogens with zero attached hydrogens (tertiary/aromatic N) is 1. The fourth-order valence-corrected chi connectivity index (χ4v) is 4.32. The lowest BCUT2D eigenvalue weighted by Gasteiger charge is -2.29. The van der Waals surface area contributed by atoms with Gasteiger partial charge in [-0.3, -0.25) is 14.5 Å². The van der Waals surface area contributed by atoms with Gasteiger partial charge in [-0.15, -0.1) is 0 Å². The van der Waals surface area contributed by atoms with E-state index in [-0.39, 0.29) is 17.2 Å². The van der Waals surface area contributed by atoms with E-state index >= 15 is 0 Å². The van der Waals surface area contributed by atoms with Crippen LogP contribution < -0.4 is 16.4 Å². The van der Waals surface area contributed by atoms with Crippen molar-refractivity contribution in [3.63, 3.8) is 0 Å². The average Bonchev–Trinajstić information content (AvgIpc) is 2.87. The van der Waals surface area contributed by atoms with E-state index in [9.17, 15) is 9.59 Å². The van der Waals surface area contributed by atoms with Crippen molar-refractivity contribution in [2.45, 2.75) is 58.9 Å². The Morgan fingerprint density at radius 1 is 1.00 bits per heavy atom. The molecule has 37 heavy (non-hydrogen) atoms. The average molecular weight is 501 g/mol. The number of hydrogen-bond acceptors (Lipinski definition) is 4. The number of carbonyl (C=O) groups excluding carboxylic acids is 2. The van der Waals surface area contributed by atoms with E-state index < -0.39 is 6.04 Å². The minimum Gasteiger partial charge on any atom is -0.400 e. The highest BCUT2D eigenvalue weighted by Gasteiger charge is 2.26. The summed E-state index contributed by atoms with van der Waals surface area (Å²) in [5.74, 6) is -0.298. The van der Waals surface area contributed by atoms with Crippen molar-refractivity contribution in [2.75, 3.05) is 18.4 Å². The molecular formula is C31H40N4O2. The predicted octanol–water partition coefficient (Wildman–Crippen LogP) is 5.66. The summed E-state index contributed by atoms with van der Waals surface area (Å²) in [6.45, 7) is 12.1. The second-order valence-corrected chi connectivity index (χ2v) is 10.3. The van der Waals surface area contributed by atoms with Gasteiger partial charge in [0.05, 0.1) is 5.70 Å². The van der Waals surface area contributed by atoms with Crippen molar-refractivity contribution in [2.24, 2.45) is 5.73 Å². The van der Waals surface area contributed by atoms with Crippen LogP contribution in [0.4, 0.5) is 5.69 Å². The summed E-state index contributed by atoms with van der Waals surface area (Å²) in [4.78, 5) is 27.9. The van der Waals surface area contributed by atoms with Crippen molar-refractivity contribution < 1.29 is 9.59 Å². The van der Waals surface area contributed by atoms with Gasteiger partial charge in [-0.1, -0.05) is 77.1 Å². The molecule has 0 aromatic heterocycles. The molecule has 1 unspecified atom stereocenters. The summed E-state index contributed by atoms with van der Waals surface area (Å²) >= 11 is 0. The Hall–Kier alpha value is -3.64. The number of benzene rings is 2. The normalized spacial score (nSPS) is 14.8. The molecule has 6 heteroatoms. The minimum atomic E-state index is -0.424. The maximum atomic E-state index is 13.4. The highest BCUT2D eigenvalue weighted by atomic mass is 16.2. The van der Waals surface area contributed by atoms with E-state index in [4.69, 9.17) is 5.73 Å². The molecule has 0 saturated heterocycles. The van der Waals surface area contributed by atoms with Crippen LogP contribution in [0.1, 0.15) is 70.2 Å². The Kier molecular flexibility index (Phi) is 9.48. The molecule has 0 spiro atoms. The topological polar surface area (TPSA) is 87.5 Å². The molecule has 1 aliphatic rings. The van der Waals surface area contributed by atoms with E-state index in [1.807, 2.05) is 48.6 Å². The second kappa shape index (κ2) is 12.5. The number of likely N-dealkylation sites (N-methyl/N-ethyl adjacent to an activating group) is 1. The van der Waals surface area contributed by atoms with Crippen LogP contribution in [0.5, 0.6) is 0 Å². The van der Waals surface area contributed by atoms with Gasteiger partial charge in [0.15, 0.2) is 0 Å². The highest BCUT2D eigenvalue weighted by molar-refractivity contribution is 5.96. The van der Waals surface area contributed by atoms with E-state index in [1.54, 1.807) is 6.08 Å². The van der Waals surface area contributed by atoms with Crippen molar-refractivity contribution in [3.8, 4) is 0 Å². The van der Waals surface area contributed by atoms with Gasteiger partial charge in [0.2, 0.25) is 11.8 Å². The van der Waals surface area contributed by atoms with Crippen LogP contribution in [0.25, 0.3) is 6.08 Å². The van der Waals surface area contributed by atoms with E-state index in [0.717, 1.165) is 42.7 Å². The van der Waals surface area contributed by atoms with Gasteiger partial charge >= 0.3 is 0 Å². The molecule has 0 fully saturated rings. The number of carbonyl (C=O) groups is 2. The number of hydrogen-bond donors (Lipinski definition) is 3. The Balaban J connectivity index is 1.72. The maximum Gasteiger partial charge on any atom is 0.248 e. The molecule has 4 N–H and O–H groups in total. The van der Waals surface area contributed by atoms with Gasteiger partial charge in [-0.05, 0) is 72.3 Å². The molecule has 0 saturated carbocycles. The number of rotatable bonds is 9. The number of anilines is 1. The first-order valence-corrected chi connectivity index (χ1v) is 13.0. The quantitative estimate of drug-likeness (QED) is 0.388. The van der Waals surface area contributed by atoms with Gasteiger partial charge in [-0.2, -0.15) is 0 Å². The minimum absolute atomic E-state index is 0.0563. The van der Waals surface area contributed by atoms with Crippen LogP contribution in [0.3, 0.4) is 0 Å². The zero-order valence-electron chi connectivity index (χ0n) is 22.7. The number of allylic oxidation sites excluding steroid dienone is 3. The molecule has 6 nitrogen and oxygen atoms in total. The largest absolute Gasteiger partial charge is 0.400 e. The summed E-state index contributed by atoms with van der Waals surface area (Å²) in [7, 11) is 0. The van der Waals surface area contributed by atoms with Crippen molar-refractivity contribution in [1.29, 1.82) is 0 Å². The number of nitrogens with one attached hydrogen (secondary N) is 2. The first-order valence-electron chi connectivity index (χ1n) is 13.0. The van der Waals surface area contributed by atoms with Gasteiger partial charge < -0.3 is 16.4 Å². The molecule has 1 atom stereocenters. The van der Waals surface area contributed by atoms with Crippen LogP contribution in [-0.4, -0.2) is 29.8 Å². The SMILES string of the molecule is CCN(CC)C(C(=O)Nc1ccc(C(C)(C)C)cc1)c1ccc(/C=C/C(=O)NC2=C(N)CCC=C2)cc1. The van der Waals surface area contributed by atoms with Gasteiger partial charge in [0, 0.05) is 17.5 Å². The summed E-state index contributed by atoms with van der Waals surface area (Å²) in [6, 6.07) is 15.4. The number of amides is 2. The van der Waals surface area contributed by atoms with E-state index in [1.165, 1.54) is 11.6 Å². The summed E-state index contributed by atoms with van der Waals surface area (Å²) in [5.41, 5.74) is 11.2. The van der Waals surface area contributed by atoms with Crippen molar-refractivity contribution in [1.82, 2.24) is 10.2 Å². The van der Waals surface area contributed by atoms with Crippen LogP contribution in [-0.2, 0) is 15.0 Å². The maximum absolute atomic E-state index is 13.4. The zero-order valence-corrected chi connectivity index (χ0v) is 22.7. The Morgan fingerprint density at radius 2 is 1.65 bits per heavy atom. The lowest BCUT2D eigenvalue weighted by Crippen LogP contribution is -2.37. The number of nitrogens with two attached hydrogens (primary N) is 1. The smallest absolute Gasteiger partial charge is 0.248 e. The lowest BCUT2D eigenvalue weighted by atomic mass is 9.87. The van der Waals surface area contributed by atoms with Gasteiger partial charge in [0.25, 0.3) is 0 Å². The molecule has 1 aliphatic carbocycles. The summed E-state index contributed by atoms with van der Waals surface area (Å²) < 4.78 is 0. The molecule has 0 radical (unpaired) electrons. The van der Waals surface area contributed by atoms with E-state index in [2.05, 4.69) is 62.3 Å². The first kappa shape index (κ1) is 27.9. The fourth-order valence-electron chi connectivity index (χ4n) is 4.32. The molecule has 2 aromatic rings. The first-order chi connectivity index (χ1) is 17.6. The molecule has 3 rings (SSSR count). The molecule has 0 bridgehead atoms. The molecule has 0 heterocycles. The molecule has 0 aliphatic heterocycles. The summed E-state index contributed by atoms with van der Waals surface area (Å²) in [5, 5.41) is 5.93. The molecule has 2 amide bonds. The van der Waals surface area contributed by atoms with Crippen LogP contribution in [0.15, 0.2) is 78.2 Å². The van der Waals surface area contributed by atoms with Gasteiger partial charge in [-0.25, -0.2) is 0 Å². The lowest BCUT2D eigenvalue weighted by molar-refractivity contribution is -0.121. The zero-order chi connectivity index (χ0) is 27.0. The second-order valence-electron chi connectivity index (χ2n) is 10.3. The standard InChI is InChI=1S/C31H40N4O2/c1-6-35(7-2)29(30(37)33-25-19-17-24(18-20-25)31(3,4)5)23-15-12-22(13-16-23)14-21-28(36)34-27-11-9-8-10-26(27)32/h9,11-21,29H,6-8,10,32H2,1-5H3,(H,33,37)(H,34,36)/b21-14+. The Bertz CT molecular complexity index is 1170. The third kappa shape index (κ3) is 7.67. The van der Waals surface area contributed by atoms with Crippen molar-refractivity contribution >= 4 is 23.6 Å². The third-order valence-electron chi connectivity index (χ3n) is 6.59.